The third kappa shape index (κ3) is 1.92. The van der Waals surface area contributed by atoms with E-state index in [1.807, 2.05) is 48.5 Å². The fraction of sp³-hybridized carbons (Fsp3) is 0.188. The summed E-state index contributed by atoms with van der Waals surface area (Å²) in [6.07, 6.45) is -0.0570. The first-order chi connectivity index (χ1) is 9.18. The number of fused-ring (bicyclic) bond motifs is 2. The Morgan fingerprint density at radius 1 is 1.11 bits per heavy atom. The van der Waals surface area contributed by atoms with Crippen molar-refractivity contribution in [3.8, 4) is 0 Å². The minimum absolute atomic E-state index is 0.0472. The minimum Gasteiger partial charge on any atom is -0.388 e. The number of carbonyl (C=O) groups excluding carboxylic acids is 1. The first-order valence-corrected chi connectivity index (χ1v) is 6.34. The maximum absolute atomic E-state index is 12.0. The molecule has 0 radical (unpaired) electrons. The fourth-order valence-electron chi connectivity index (χ4n) is 2.66. The molecule has 1 atom stereocenters. The molecule has 0 aliphatic carbocycles. The number of benzene rings is 2. The number of hydrogen-bond donors (Lipinski definition) is 1. The quantitative estimate of drug-likeness (QED) is 0.784. The van der Waals surface area contributed by atoms with Gasteiger partial charge in [0.25, 0.3) is 0 Å². The normalized spacial score (nSPS) is 17.4. The summed E-state index contributed by atoms with van der Waals surface area (Å²) in [7, 11) is 0. The summed E-state index contributed by atoms with van der Waals surface area (Å²) in [5.41, 5.74) is 3.42. The summed E-state index contributed by atoms with van der Waals surface area (Å²) in [6.45, 7) is 1.55. The number of carbonyl (C=O) groups is 1. The molecule has 0 fully saturated rings. The number of anilines is 2. The van der Waals surface area contributed by atoms with Crippen LogP contribution in [0.2, 0.25) is 0 Å². The van der Waals surface area contributed by atoms with Crippen molar-refractivity contribution >= 4 is 17.3 Å². The van der Waals surface area contributed by atoms with Crippen molar-refractivity contribution in [2.75, 3.05) is 4.90 Å². The van der Waals surface area contributed by atoms with E-state index in [0.29, 0.717) is 6.42 Å². The van der Waals surface area contributed by atoms with E-state index in [-0.39, 0.29) is 5.91 Å². The number of amides is 1. The van der Waals surface area contributed by atoms with Gasteiger partial charge in [0.1, 0.15) is 0 Å². The topological polar surface area (TPSA) is 40.5 Å². The average Bonchev–Trinajstić information content (AvgIpc) is 2.53. The molecule has 3 nitrogen and oxygen atoms in total. The smallest absolute Gasteiger partial charge is 0.228 e. The van der Waals surface area contributed by atoms with E-state index in [0.717, 1.165) is 22.5 Å². The maximum Gasteiger partial charge on any atom is 0.228 e. The summed E-state index contributed by atoms with van der Waals surface area (Å²) >= 11 is 0. The second kappa shape index (κ2) is 4.52. The first kappa shape index (κ1) is 11.9. The van der Waals surface area contributed by atoms with Crippen LogP contribution < -0.4 is 4.90 Å². The highest BCUT2D eigenvalue weighted by atomic mass is 16.3. The third-order valence-corrected chi connectivity index (χ3v) is 3.50. The van der Waals surface area contributed by atoms with Crippen LogP contribution in [-0.4, -0.2) is 11.0 Å². The lowest BCUT2D eigenvalue weighted by Crippen LogP contribution is -2.23. The largest absolute Gasteiger partial charge is 0.388 e. The summed E-state index contributed by atoms with van der Waals surface area (Å²) < 4.78 is 0. The zero-order valence-electron chi connectivity index (χ0n) is 10.7. The minimum atomic E-state index is -0.582. The number of rotatable bonds is 0. The number of nitrogens with zero attached hydrogens (tertiary/aromatic N) is 1. The van der Waals surface area contributed by atoms with E-state index in [9.17, 15) is 9.90 Å². The van der Waals surface area contributed by atoms with Gasteiger partial charge in [0.05, 0.1) is 17.5 Å². The molecule has 1 aliphatic rings. The molecule has 0 spiro atoms. The molecule has 3 heteroatoms. The van der Waals surface area contributed by atoms with Gasteiger partial charge < -0.3 is 5.11 Å². The molecule has 1 amide bonds. The average molecular weight is 253 g/mol. The molecule has 1 N–H and O–H groups in total. The van der Waals surface area contributed by atoms with Crippen LogP contribution in [0.4, 0.5) is 11.4 Å². The number of aliphatic hydroxyl groups excluding tert-OH is 1. The maximum atomic E-state index is 12.0. The summed E-state index contributed by atoms with van der Waals surface area (Å²) in [5, 5.41) is 10.3. The molecule has 19 heavy (non-hydrogen) atoms. The molecule has 2 aromatic carbocycles. The highest BCUT2D eigenvalue weighted by Crippen LogP contribution is 2.39. The second-order valence-corrected chi connectivity index (χ2v) is 4.76. The number of aliphatic hydroxyl groups is 1. The first-order valence-electron chi connectivity index (χ1n) is 6.34. The van der Waals surface area contributed by atoms with Crippen LogP contribution in [0, 0.1) is 0 Å². The Labute approximate surface area is 112 Å². The van der Waals surface area contributed by atoms with Gasteiger partial charge in [-0.1, -0.05) is 36.4 Å². The second-order valence-electron chi connectivity index (χ2n) is 4.76. The van der Waals surface area contributed by atoms with Gasteiger partial charge in [-0.25, -0.2) is 0 Å². The Kier molecular flexibility index (Phi) is 2.84. The van der Waals surface area contributed by atoms with Gasteiger partial charge in [0.15, 0.2) is 0 Å². The lowest BCUT2D eigenvalue weighted by atomic mass is 10.0. The van der Waals surface area contributed by atoms with Crippen LogP contribution in [0.25, 0.3) is 0 Å². The molecule has 1 heterocycles. The van der Waals surface area contributed by atoms with Crippen molar-refractivity contribution in [3.05, 3.63) is 59.7 Å². The molecule has 2 aromatic rings. The van der Waals surface area contributed by atoms with Crippen molar-refractivity contribution in [2.24, 2.45) is 0 Å². The van der Waals surface area contributed by atoms with E-state index in [1.54, 1.807) is 11.8 Å². The molecule has 0 saturated heterocycles. The number of hydrogen-bond acceptors (Lipinski definition) is 2. The predicted octanol–water partition coefficient (Wildman–Crippen LogP) is 2.96. The van der Waals surface area contributed by atoms with Crippen molar-refractivity contribution < 1.29 is 9.90 Å². The van der Waals surface area contributed by atoms with Crippen LogP contribution in [0.5, 0.6) is 0 Å². The van der Waals surface area contributed by atoms with Crippen molar-refractivity contribution in [3.63, 3.8) is 0 Å². The van der Waals surface area contributed by atoms with Gasteiger partial charge in [0, 0.05) is 18.9 Å². The molecule has 1 aliphatic heterocycles. The van der Waals surface area contributed by atoms with Gasteiger partial charge in [-0.2, -0.15) is 0 Å². The molecular formula is C16H15NO2. The SMILES string of the molecule is CC(=O)N1c2ccccc2C[C@@H](O)c2ccccc21. The zero-order chi connectivity index (χ0) is 13.4. The molecule has 96 valence electrons. The van der Waals surface area contributed by atoms with E-state index < -0.39 is 6.10 Å². The van der Waals surface area contributed by atoms with Crippen molar-refractivity contribution in [1.82, 2.24) is 0 Å². The van der Waals surface area contributed by atoms with Gasteiger partial charge >= 0.3 is 0 Å². The highest BCUT2D eigenvalue weighted by Gasteiger charge is 2.27. The Hall–Kier alpha value is -2.13. The van der Waals surface area contributed by atoms with Gasteiger partial charge in [-0.3, -0.25) is 9.69 Å². The molecular weight excluding hydrogens is 238 g/mol. The molecule has 0 bridgehead atoms. The fourth-order valence-corrected chi connectivity index (χ4v) is 2.66. The van der Waals surface area contributed by atoms with Gasteiger partial charge in [-0.05, 0) is 17.7 Å². The predicted molar refractivity (Wildman–Crippen MR) is 74.4 cm³/mol. The Morgan fingerprint density at radius 2 is 1.74 bits per heavy atom. The van der Waals surface area contributed by atoms with Crippen LogP contribution in [0.1, 0.15) is 24.2 Å². The molecule has 0 saturated carbocycles. The molecule has 0 unspecified atom stereocenters. The van der Waals surface area contributed by atoms with Crippen LogP contribution in [-0.2, 0) is 11.2 Å². The highest BCUT2D eigenvalue weighted by molar-refractivity contribution is 6.01. The summed E-state index contributed by atoms with van der Waals surface area (Å²) in [4.78, 5) is 13.7. The Bertz CT molecular complexity index is 636. The van der Waals surface area contributed by atoms with Crippen molar-refractivity contribution in [1.29, 1.82) is 0 Å². The van der Waals surface area contributed by atoms with Crippen LogP contribution in [0.15, 0.2) is 48.5 Å². The van der Waals surface area contributed by atoms with E-state index in [2.05, 4.69) is 0 Å². The van der Waals surface area contributed by atoms with E-state index in [1.165, 1.54) is 0 Å². The Balaban J connectivity index is 2.28. The number of para-hydroxylation sites is 2. The van der Waals surface area contributed by atoms with Crippen molar-refractivity contribution in [2.45, 2.75) is 19.4 Å². The van der Waals surface area contributed by atoms with E-state index >= 15 is 0 Å². The van der Waals surface area contributed by atoms with Gasteiger partial charge in [0.2, 0.25) is 5.91 Å². The third-order valence-electron chi connectivity index (χ3n) is 3.50. The molecule has 0 aromatic heterocycles. The molecule has 3 rings (SSSR count). The van der Waals surface area contributed by atoms with Crippen LogP contribution in [0.3, 0.4) is 0 Å². The standard InChI is InChI=1S/C16H15NO2/c1-11(18)17-14-8-4-2-6-12(14)10-16(19)13-7-3-5-9-15(13)17/h2-9,16,19H,10H2,1H3/t16-/m1/s1. The lowest BCUT2D eigenvalue weighted by Gasteiger charge is -2.23. The summed E-state index contributed by atoms with van der Waals surface area (Å²) in [6, 6.07) is 15.2. The monoisotopic (exact) mass is 253 g/mol. The zero-order valence-corrected chi connectivity index (χ0v) is 10.7. The summed E-state index contributed by atoms with van der Waals surface area (Å²) in [5.74, 6) is -0.0472. The van der Waals surface area contributed by atoms with Crippen LogP contribution >= 0.6 is 0 Å². The van der Waals surface area contributed by atoms with E-state index in [4.69, 9.17) is 0 Å². The lowest BCUT2D eigenvalue weighted by molar-refractivity contribution is -0.115. The Morgan fingerprint density at radius 3 is 2.47 bits per heavy atom. The van der Waals surface area contributed by atoms with Gasteiger partial charge in [-0.15, -0.1) is 0 Å².